The molecule has 0 radical (unpaired) electrons. The van der Waals surface area contributed by atoms with Gasteiger partial charge in [-0.05, 0) is 35.4 Å². The summed E-state index contributed by atoms with van der Waals surface area (Å²) in [6.45, 7) is 1.05. The lowest BCUT2D eigenvalue weighted by molar-refractivity contribution is -0.369. The molecule has 2 fully saturated rings. The highest BCUT2D eigenvalue weighted by Gasteiger charge is 2.51. The van der Waals surface area contributed by atoms with Gasteiger partial charge in [-0.25, -0.2) is 0 Å². The van der Waals surface area contributed by atoms with Gasteiger partial charge in [0.05, 0.1) is 34.0 Å². The number of hydrogen-bond acceptors (Lipinski definition) is 8. The van der Waals surface area contributed by atoms with Gasteiger partial charge in [0.15, 0.2) is 12.6 Å². The fourth-order valence-electron chi connectivity index (χ4n) is 4.71. The molecule has 0 N–H and O–H groups in total. The van der Waals surface area contributed by atoms with Crippen LogP contribution in [0, 0.1) is 0 Å². The van der Waals surface area contributed by atoms with Gasteiger partial charge in [0.2, 0.25) is 0 Å². The van der Waals surface area contributed by atoms with E-state index in [1.807, 2.05) is 78.9 Å². The molecule has 5 rings (SSSR count). The summed E-state index contributed by atoms with van der Waals surface area (Å²) in [7, 11) is 4.90. The number of fused-ring (bicyclic) bond motifs is 1. The first-order valence-corrected chi connectivity index (χ1v) is 12.7. The SMILES string of the molecule is COc1ccc(CO[C@@H]2[C@@H](OCc3ccc(OC)cc3)[C@@H](OC)O[C@@H]3COC(c4ccccc4)O[C@@H]23)cc1. The van der Waals surface area contributed by atoms with E-state index in [1.165, 1.54) is 0 Å². The lowest BCUT2D eigenvalue weighted by atomic mass is 9.97. The van der Waals surface area contributed by atoms with E-state index < -0.39 is 30.9 Å². The zero-order valence-corrected chi connectivity index (χ0v) is 21.9. The molecule has 38 heavy (non-hydrogen) atoms. The predicted molar refractivity (Wildman–Crippen MR) is 139 cm³/mol. The number of benzene rings is 3. The molecule has 3 aromatic rings. The molecule has 0 aliphatic carbocycles. The molecule has 2 saturated heterocycles. The first-order valence-electron chi connectivity index (χ1n) is 12.7. The van der Waals surface area contributed by atoms with Crippen molar-refractivity contribution >= 4 is 0 Å². The molecule has 202 valence electrons. The zero-order chi connectivity index (χ0) is 26.3. The van der Waals surface area contributed by atoms with Gasteiger partial charge in [-0.2, -0.15) is 0 Å². The molecule has 3 aromatic carbocycles. The van der Waals surface area contributed by atoms with E-state index in [4.69, 9.17) is 37.9 Å². The normalized spacial score (nSPS) is 26.9. The van der Waals surface area contributed by atoms with Crippen LogP contribution in [0.1, 0.15) is 23.0 Å². The van der Waals surface area contributed by atoms with Crippen LogP contribution in [-0.4, -0.2) is 58.6 Å². The first-order chi connectivity index (χ1) is 18.7. The van der Waals surface area contributed by atoms with E-state index in [2.05, 4.69) is 0 Å². The molecule has 2 aliphatic heterocycles. The maximum Gasteiger partial charge on any atom is 0.186 e. The third-order valence-electron chi connectivity index (χ3n) is 6.79. The first kappa shape index (κ1) is 26.6. The van der Waals surface area contributed by atoms with Crippen molar-refractivity contribution < 1.29 is 37.9 Å². The number of ether oxygens (including phenoxy) is 8. The Kier molecular flexibility index (Phi) is 8.90. The minimum atomic E-state index is -0.657. The van der Waals surface area contributed by atoms with Gasteiger partial charge in [-0.3, -0.25) is 0 Å². The average Bonchev–Trinajstić information content (AvgIpc) is 2.99. The van der Waals surface area contributed by atoms with Crippen LogP contribution >= 0.6 is 0 Å². The fraction of sp³-hybridized carbons (Fsp3) is 0.400. The number of hydrogen-bond donors (Lipinski definition) is 0. The molecule has 2 aliphatic rings. The second kappa shape index (κ2) is 12.7. The van der Waals surface area contributed by atoms with Crippen LogP contribution in [0.25, 0.3) is 0 Å². The van der Waals surface area contributed by atoms with Crippen molar-refractivity contribution in [2.24, 2.45) is 0 Å². The Labute approximate surface area is 223 Å². The van der Waals surface area contributed by atoms with Gasteiger partial charge >= 0.3 is 0 Å². The molecular formula is C30H34O8. The van der Waals surface area contributed by atoms with Gasteiger partial charge in [0.25, 0.3) is 0 Å². The van der Waals surface area contributed by atoms with Crippen LogP contribution in [0.15, 0.2) is 78.9 Å². The highest BCUT2D eigenvalue weighted by molar-refractivity contribution is 5.27. The van der Waals surface area contributed by atoms with E-state index >= 15 is 0 Å². The van der Waals surface area contributed by atoms with Crippen LogP contribution < -0.4 is 9.47 Å². The van der Waals surface area contributed by atoms with E-state index in [9.17, 15) is 0 Å². The monoisotopic (exact) mass is 522 g/mol. The van der Waals surface area contributed by atoms with E-state index in [1.54, 1.807) is 21.3 Å². The van der Waals surface area contributed by atoms with Crippen LogP contribution in [0.2, 0.25) is 0 Å². The fourth-order valence-corrected chi connectivity index (χ4v) is 4.71. The third kappa shape index (κ3) is 6.18. The molecule has 2 heterocycles. The summed E-state index contributed by atoms with van der Waals surface area (Å²) in [5, 5.41) is 0. The Balaban J connectivity index is 1.37. The Morgan fingerprint density at radius 2 is 1.26 bits per heavy atom. The standard InChI is InChI=1S/C30H34O8/c1-31-23-13-9-20(10-14-23)17-34-27-26-25(19-36-29(38-26)22-7-5-4-6-8-22)37-30(33-3)28(27)35-18-21-11-15-24(32-2)16-12-21/h4-16,25-30H,17-19H2,1-3H3/t25-,26-,27+,28-,29?,30+/m1/s1. The Hall–Kier alpha value is -2.98. The molecule has 0 aromatic heterocycles. The Morgan fingerprint density at radius 3 is 1.82 bits per heavy atom. The molecule has 0 saturated carbocycles. The van der Waals surface area contributed by atoms with Crippen molar-refractivity contribution in [3.05, 3.63) is 95.6 Å². The topological polar surface area (TPSA) is 73.8 Å². The van der Waals surface area contributed by atoms with Crippen molar-refractivity contribution in [1.82, 2.24) is 0 Å². The highest BCUT2D eigenvalue weighted by atomic mass is 16.8. The largest absolute Gasteiger partial charge is 0.497 e. The van der Waals surface area contributed by atoms with Crippen LogP contribution in [0.3, 0.4) is 0 Å². The summed E-state index contributed by atoms with van der Waals surface area (Å²) >= 11 is 0. The molecule has 0 spiro atoms. The quantitative estimate of drug-likeness (QED) is 0.381. The van der Waals surface area contributed by atoms with Crippen LogP contribution in [-0.2, 0) is 41.6 Å². The van der Waals surface area contributed by atoms with E-state index in [0.717, 1.165) is 28.2 Å². The molecule has 8 heteroatoms. The summed E-state index contributed by atoms with van der Waals surface area (Å²) in [6.07, 6.45) is -3.02. The second-order valence-corrected chi connectivity index (χ2v) is 9.20. The average molecular weight is 523 g/mol. The lowest BCUT2D eigenvalue weighted by Crippen LogP contribution is -2.63. The van der Waals surface area contributed by atoms with E-state index in [-0.39, 0.29) is 6.10 Å². The Morgan fingerprint density at radius 1 is 0.684 bits per heavy atom. The van der Waals surface area contributed by atoms with Crippen molar-refractivity contribution in [2.45, 2.75) is 50.2 Å². The summed E-state index contributed by atoms with van der Waals surface area (Å²) in [4.78, 5) is 0. The highest BCUT2D eigenvalue weighted by Crippen LogP contribution is 2.37. The molecule has 6 atom stereocenters. The van der Waals surface area contributed by atoms with Crippen molar-refractivity contribution in [1.29, 1.82) is 0 Å². The van der Waals surface area contributed by atoms with Crippen LogP contribution in [0.4, 0.5) is 0 Å². The van der Waals surface area contributed by atoms with Crippen LogP contribution in [0.5, 0.6) is 11.5 Å². The van der Waals surface area contributed by atoms with Gasteiger partial charge in [-0.15, -0.1) is 0 Å². The van der Waals surface area contributed by atoms with Gasteiger partial charge in [0.1, 0.15) is 35.9 Å². The zero-order valence-electron chi connectivity index (χ0n) is 21.9. The second-order valence-electron chi connectivity index (χ2n) is 9.20. The summed E-state index contributed by atoms with van der Waals surface area (Å²) < 4.78 is 48.0. The van der Waals surface area contributed by atoms with E-state index in [0.29, 0.717) is 19.8 Å². The summed E-state index contributed by atoms with van der Waals surface area (Å²) in [6, 6.07) is 25.4. The van der Waals surface area contributed by atoms with Gasteiger partial charge in [0, 0.05) is 12.7 Å². The summed E-state index contributed by atoms with van der Waals surface area (Å²) in [5.41, 5.74) is 2.93. The minimum Gasteiger partial charge on any atom is -0.497 e. The van der Waals surface area contributed by atoms with Gasteiger partial charge in [-0.1, -0.05) is 54.6 Å². The maximum atomic E-state index is 6.54. The van der Waals surface area contributed by atoms with Crippen molar-refractivity contribution in [2.75, 3.05) is 27.9 Å². The molecule has 1 unspecified atom stereocenters. The van der Waals surface area contributed by atoms with Crippen molar-refractivity contribution in [3.63, 3.8) is 0 Å². The predicted octanol–water partition coefficient (Wildman–Crippen LogP) is 4.66. The molecule has 0 bridgehead atoms. The Bertz CT molecular complexity index is 1120. The van der Waals surface area contributed by atoms with Gasteiger partial charge < -0.3 is 37.9 Å². The minimum absolute atomic E-state index is 0.344. The maximum absolute atomic E-state index is 6.54. The summed E-state index contributed by atoms with van der Waals surface area (Å²) in [5.74, 6) is 1.58. The third-order valence-corrected chi connectivity index (χ3v) is 6.79. The number of rotatable bonds is 10. The molecule has 0 amide bonds. The lowest BCUT2D eigenvalue weighted by Gasteiger charge is -2.48. The molecule has 8 nitrogen and oxygen atoms in total. The molecular weight excluding hydrogens is 488 g/mol. The van der Waals surface area contributed by atoms with Crippen molar-refractivity contribution in [3.8, 4) is 11.5 Å². The number of methoxy groups -OCH3 is 3. The smallest absolute Gasteiger partial charge is 0.186 e.